The Morgan fingerprint density at radius 3 is 2.73 bits per heavy atom. The number of esters is 1. The summed E-state index contributed by atoms with van der Waals surface area (Å²) in [4.78, 5) is 20.4. The SMILES string of the molecule is CCCCCOC(=O)CC=O. The quantitative estimate of drug-likeness (QED) is 0.253. The molecule has 0 aliphatic heterocycles. The fourth-order valence-corrected chi connectivity index (χ4v) is 0.665. The molecule has 0 aromatic heterocycles. The third-order valence-electron chi connectivity index (χ3n) is 1.26. The van der Waals surface area contributed by atoms with Gasteiger partial charge in [-0.2, -0.15) is 0 Å². The van der Waals surface area contributed by atoms with Gasteiger partial charge in [0.2, 0.25) is 0 Å². The van der Waals surface area contributed by atoms with Gasteiger partial charge in [0.25, 0.3) is 0 Å². The zero-order valence-corrected chi connectivity index (χ0v) is 6.84. The maximum atomic E-state index is 10.6. The lowest BCUT2D eigenvalue weighted by atomic mass is 10.3. The van der Waals surface area contributed by atoms with Crippen LogP contribution in [0.1, 0.15) is 32.6 Å². The molecule has 0 bridgehead atoms. The van der Waals surface area contributed by atoms with Crippen LogP contribution in [0.3, 0.4) is 0 Å². The molecule has 0 aromatic rings. The number of carbonyl (C=O) groups excluding carboxylic acids is 2. The van der Waals surface area contributed by atoms with Gasteiger partial charge in [-0.3, -0.25) is 4.79 Å². The molecule has 0 spiro atoms. The van der Waals surface area contributed by atoms with E-state index in [1.807, 2.05) is 0 Å². The van der Waals surface area contributed by atoms with Crippen LogP contribution in [0.2, 0.25) is 0 Å². The normalized spacial score (nSPS) is 9.18. The van der Waals surface area contributed by atoms with E-state index in [0.29, 0.717) is 12.9 Å². The van der Waals surface area contributed by atoms with Gasteiger partial charge >= 0.3 is 5.97 Å². The lowest BCUT2D eigenvalue weighted by Gasteiger charge is -2.00. The first kappa shape index (κ1) is 10.1. The molecular weight excluding hydrogens is 144 g/mol. The van der Waals surface area contributed by atoms with Crippen molar-refractivity contribution >= 4 is 12.3 Å². The summed E-state index contributed by atoms with van der Waals surface area (Å²) in [6.45, 7) is 2.52. The second-order valence-electron chi connectivity index (χ2n) is 2.30. The number of unbranched alkanes of at least 4 members (excludes halogenated alkanes) is 2. The number of ether oxygens (including phenoxy) is 1. The average molecular weight is 158 g/mol. The van der Waals surface area contributed by atoms with Crippen LogP contribution in [0.15, 0.2) is 0 Å². The Bertz CT molecular complexity index is 121. The van der Waals surface area contributed by atoms with Gasteiger partial charge in [0.05, 0.1) is 6.61 Å². The second kappa shape index (κ2) is 7.25. The fourth-order valence-electron chi connectivity index (χ4n) is 0.665. The molecule has 0 N–H and O–H groups in total. The van der Waals surface area contributed by atoms with E-state index in [4.69, 9.17) is 4.74 Å². The number of hydrogen-bond acceptors (Lipinski definition) is 3. The van der Waals surface area contributed by atoms with Gasteiger partial charge in [0, 0.05) is 0 Å². The van der Waals surface area contributed by atoms with Crippen LogP contribution in [0.5, 0.6) is 0 Å². The Hall–Kier alpha value is -0.860. The maximum Gasteiger partial charge on any atom is 0.313 e. The molecule has 0 fully saturated rings. The summed E-state index contributed by atoms with van der Waals surface area (Å²) in [5.41, 5.74) is 0. The van der Waals surface area contributed by atoms with E-state index < -0.39 is 5.97 Å². The van der Waals surface area contributed by atoms with Crippen LogP contribution in [0.25, 0.3) is 0 Å². The van der Waals surface area contributed by atoms with Crippen LogP contribution >= 0.6 is 0 Å². The van der Waals surface area contributed by atoms with Gasteiger partial charge in [-0.05, 0) is 6.42 Å². The molecule has 64 valence electrons. The lowest BCUT2D eigenvalue weighted by Crippen LogP contribution is -2.05. The number of hydrogen-bond donors (Lipinski definition) is 0. The van der Waals surface area contributed by atoms with Gasteiger partial charge in [-0.15, -0.1) is 0 Å². The largest absolute Gasteiger partial charge is 0.465 e. The fraction of sp³-hybridized carbons (Fsp3) is 0.750. The summed E-state index contributed by atoms with van der Waals surface area (Å²) in [6, 6.07) is 0. The molecule has 0 aliphatic carbocycles. The highest BCUT2D eigenvalue weighted by Crippen LogP contribution is 1.94. The zero-order valence-electron chi connectivity index (χ0n) is 6.84. The minimum absolute atomic E-state index is 0.119. The summed E-state index contributed by atoms with van der Waals surface area (Å²) in [5, 5.41) is 0. The predicted molar refractivity (Wildman–Crippen MR) is 41.2 cm³/mol. The van der Waals surface area contributed by atoms with Gasteiger partial charge in [0.1, 0.15) is 12.7 Å². The molecule has 0 rings (SSSR count). The van der Waals surface area contributed by atoms with E-state index >= 15 is 0 Å². The molecule has 3 nitrogen and oxygen atoms in total. The minimum Gasteiger partial charge on any atom is -0.465 e. The smallest absolute Gasteiger partial charge is 0.313 e. The number of aldehydes is 1. The number of rotatable bonds is 6. The highest BCUT2D eigenvalue weighted by molar-refractivity contribution is 5.83. The van der Waals surface area contributed by atoms with E-state index in [1.54, 1.807) is 0 Å². The molecule has 0 aliphatic rings. The van der Waals surface area contributed by atoms with E-state index in [9.17, 15) is 9.59 Å². The van der Waals surface area contributed by atoms with Crippen LogP contribution in [0, 0.1) is 0 Å². The molecule has 0 unspecified atom stereocenters. The van der Waals surface area contributed by atoms with Gasteiger partial charge in [-0.1, -0.05) is 19.8 Å². The molecule has 0 saturated heterocycles. The van der Waals surface area contributed by atoms with Crippen LogP contribution in [-0.2, 0) is 14.3 Å². The molecular formula is C8H14O3. The van der Waals surface area contributed by atoms with E-state index in [2.05, 4.69) is 6.92 Å². The summed E-state index contributed by atoms with van der Waals surface area (Å²) < 4.78 is 4.71. The Morgan fingerprint density at radius 1 is 1.45 bits per heavy atom. The molecule has 0 atom stereocenters. The Kier molecular flexibility index (Phi) is 6.68. The third-order valence-corrected chi connectivity index (χ3v) is 1.26. The molecule has 0 heterocycles. The summed E-state index contributed by atoms with van der Waals surface area (Å²) in [6.07, 6.45) is 3.50. The topological polar surface area (TPSA) is 43.4 Å². The van der Waals surface area contributed by atoms with Crippen molar-refractivity contribution in [2.45, 2.75) is 32.6 Å². The Labute approximate surface area is 66.7 Å². The second-order valence-corrected chi connectivity index (χ2v) is 2.30. The third kappa shape index (κ3) is 7.03. The van der Waals surface area contributed by atoms with Crippen LogP contribution in [0.4, 0.5) is 0 Å². The first-order valence-electron chi connectivity index (χ1n) is 3.90. The summed E-state index contributed by atoms with van der Waals surface area (Å²) in [5.74, 6) is -0.420. The number of carbonyl (C=O) groups is 2. The first-order valence-corrected chi connectivity index (χ1v) is 3.90. The minimum atomic E-state index is -0.420. The maximum absolute atomic E-state index is 10.6. The van der Waals surface area contributed by atoms with Gasteiger partial charge in [0.15, 0.2) is 0 Å². The molecule has 0 aromatic carbocycles. The molecule has 3 heteroatoms. The van der Waals surface area contributed by atoms with Crippen molar-refractivity contribution in [2.24, 2.45) is 0 Å². The molecule has 0 amide bonds. The molecule has 0 radical (unpaired) electrons. The monoisotopic (exact) mass is 158 g/mol. The predicted octanol–water partition coefficient (Wildman–Crippen LogP) is 1.31. The van der Waals surface area contributed by atoms with Crippen molar-refractivity contribution in [3.05, 3.63) is 0 Å². The van der Waals surface area contributed by atoms with Crippen molar-refractivity contribution in [2.75, 3.05) is 6.61 Å². The summed E-state index contributed by atoms with van der Waals surface area (Å²) >= 11 is 0. The van der Waals surface area contributed by atoms with E-state index in [-0.39, 0.29) is 6.42 Å². The highest BCUT2D eigenvalue weighted by Gasteiger charge is 1.98. The van der Waals surface area contributed by atoms with Crippen molar-refractivity contribution < 1.29 is 14.3 Å². The van der Waals surface area contributed by atoms with Crippen molar-refractivity contribution in [1.82, 2.24) is 0 Å². The lowest BCUT2D eigenvalue weighted by molar-refractivity contribution is -0.144. The molecule has 11 heavy (non-hydrogen) atoms. The van der Waals surface area contributed by atoms with Crippen LogP contribution in [-0.4, -0.2) is 18.9 Å². The van der Waals surface area contributed by atoms with Crippen molar-refractivity contribution in [3.8, 4) is 0 Å². The van der Waals surface area contributed by atoms with Crippen LogP contribution < -0.4 is 0 Å². The standard InChI is InChI=1S/C8H14O3/c1-2-3-4-7-11-8(10)5-6-9/h6H,2-5,7H2,1H3. The van der Waals surface area contributed by atoms with Crippen molar-refractivity contribution in [3.63, 3.8) is 0 Å². The van der Waals surface area contributed by atoms with Gasteiger partial charge < -0.3 is 9.53 Å². The highest BCUT2D eigenvalue weighted by atomic mass is 16.5. The zero-order chi connectivity index (χ0) is 8.53. The van der Waals surface area contributed by atoms with Crippen molar-refractivity contribution in [1.29, 1.82) is 0 Å². The summed E-state index contributed by atoms with van der Waals surface area (Å²) in [7, 11) is 0. The van der Waals surface area contributed by atoms with Gasteiger partial charge in [-0.25, -0.2) is 0 Å². The Morgan fingerprint density at radius 2 is 2.18 bits per heavy atom. The van der Waals surface area contributed by atoms with E-state index in [0.717, 1.165) is 19.3 Å². The van der Waals surface area contributed by atoms with E-state index in [1.165, 1.54) is 0 Å². The Balaban J connectivity index is 3.10. The first-order chi connectivity index (χ1) is 5.31. The average Bonchev–Trinajstić information content (AvgIpc) is 1.99. The molecule has 0 saturated carbocycles.